The van der Waals surface area contributed by atoms with E-state index in [1.807, 2.05) is 12.3 Å². The van der Waals surface area contributed by atoms with E-state index in [0.717, 1.165) is 42.9 Å². The van der Waals surface area contributed by atoms with Gasteiger partial charge >= 0.3 is 0 Å². The summed E-state index contributed by atoms with van der Waals surface area (Å²) in [6, 6.07) is 7.55. The van der Waals surface area contributed by atoms with Crippen LogP contribution in [0.1, 0.15) is 24.7 Å². The minimum atomic E-state index is -0.804. The van der Waals surface area contributed by atoms with E-state index < -0.39 is 11.6 Å². The van der Waals surface area contributed by atoms with Gasteiger partial charge in [-0.2, -0.15) is 5.10 Å². The molecule has 5 rings (SSSR count). The van der Waals surface area contributed by atoms with Gasteiger partial charge in [0.05, 0.1) is 29.6 Å². The minimum absolute atomic E-state index is 0.00283. The van der Waals surface area contributed by atoms with Crippen LogP contribution in [0.15, 0.2) is 48.9 Å². The molecule has 1 saturated heterocycles. The van der Waals surface area contributed by atoms with Crippen molar-refractivity contribution in [3.05, 3.63) is 71.9 Å². The molecule has 4 heterocycles. The SMILES string of the molecule is C[C@@H]1C[C@H](N)CN(c2ccncc2Cc2ncc3ccc(-c4c(F)cc(OCCO)cc4F)nn23)C1. The number of anilines is 1. The van der Waals surface area contributed by atoms with Crippen molar-refractivity contribution < 1.29 is 18.6 Å². The molecule has 1 fully saturated rings. The van der Waals surface area contributed by atoms with Gasteiger partial charge in [0.1, 0.15) is 29.8 Å². The van der Waals surface area contributed by atoms with Crippen LogP contribution in [0.3, 0.4) is 0 Å². The molecule has 3 aromatic heterocycles. The molecule has 3 N–H and O–H groups in total. The summed E-state index contributed by atoms with van der Waals surface area (Å²) in [6.07, 6.45) is 6.70. The standard InChI is InChI=1S/C26H28F2N6O2/c1-16-8-18(29)15-33(14-16)24-4-5-30-12-17(24)9-25-31-13-19-2-3-23(32-34(19)25)26-21(27)10-20(11-22(26)28)36-7-6-35/h2-5,10-13,16,18,35H,6-9,14-15,29H2,1H3/t16-,18+/m1/s1. The number of aliphatic hydroxyl groups is 1. The van der Waals surface area contributed by atoms with E-state index in [1.165, 1.54) is 0 Å². The zero-order chi connectivity index (χ0) is 25.2. The van der Waals surface area contributed by atoms with Gasteiger partial charge in [0.25, 0.3) is 0 Å². The molecule has 0 amide bonds. The topological polar surface area (TPSA) is 102 Å². The Kier molecular flexibility index (Phi) is 6.80. The molecule has 0 bridgehead atoms. The van der Waals surface area contributed by atoms with E-state index in [0.29, 0.717) is 23.7 Å². The average molecular weight is 495 g/mol. The first-order valence-corrected chi connectivity index (χ1v) is 11.9. The van der Waals surface area contributed by atoms with Gasteiger partial charge in [-0.25, -0.2) is 18.3 Å². The minimum Gasteiger partial charge on any atom is -0.491 e. The fourth-order valence-corrected chi connectivity index (χ4v) is 4.86. The van der Waals surface area contributed by atoms with Crippen molar-refractivity contribution in [2.24, 2.45) is 11.7 Å². The van der Waals surface area contributed by atoms with Crippen molar-refractivity contribution >= 4 is 11.2 Å². The van der Waals surface area contributed by atoms with Gasteiger partial charge in [0, 0.05) is 61.3 Å². The number of nitrogens with two attached hydrogens (primary N) is 1. The van der Waals surface area contributed by atoms with Crippen LogP contribution in [-0.4, -0.2) is 57.0 Å². The lowest BCUT2D eigenvalue weighted by Crippen LogP contribution is -2.46. The number of piperidine rings is 1. The molecule has 1 aliphatic rings. The maximum absolute atomic E-state index is 14.8. The Labute approximate surface area is 207 Å². The van der Waals surface area contributed by atoms with Crippen molar-refractivity contribution in [3.8, 4) is 17.0 Å². The summed E-state index contributed by atoms with van der Waals surface area (Å²) in [6.45, 7) is 3.56. The Hall–Kier alpha value is -3.63. The number of hydrogen-bond acceptors (Lipinski definition) is 7. The summed E-state index contributed by atoms with van der Waals surface area (Å²) in [4.78, 5) is 11.1. The third kappa shape index (κ3) is 4.87. The van der Waals surface area contributed by atoms with Gasteiger partial charge < -0.3 is 20.5 Å². The third-order valence-electron chi connectivity index (χ3n) is 6.35. The normalized spacial score (nSPS) is 18.1. The molecule has 0 radical (unpaired) electrons. The highest BCUT2D eigenvalue weighted by Crippen LogP contribution is 2.30. The number of aliphatic hydroxyl groups excluding tert-OH is 1. The number of benzene rings is 1. The van der Waals surface area contributed by atoms with Gasteiger partial charge in [0.2, 0.25) is 0 Å². The third-order valence-corrected chi connectivity index (χ3v) is 6.35. The number of imidazole rings is 1. The second-order valence-electron chi connectivity index (χ2n) is 9.25. The van der Waals surface area contributed by atoms with Crippen LogP contribution in [0.25, 0.3) is 16.8 Å². The molecule has 1 aliphatic heterocycles. The van der Waals surface area contributed by atoms with Crippen molar-refractivity contribution in [2.45, 2.75) is 25.8 Å². The Morgan fingerprint density at radius 2 is 1.94 bits per heavy atom. The summed E-state index contributed by atoms with van der Waals surface area (Å²) >= 11 is 0. The Morgan fingerprint density at radius 3 is 2.69 bits per heavy atom. The van der Waals surface area contributed by atoms with Crippen LogP contribution in [-0.2, 0) is 6.42 Å². The lowest BCUT2D eigenvalue weighted by Gasteiger charge is -2.37. The fraction of sp³-hybridized carbons (Fsp3) is 0.346. The number of pyridine rings is 1. The summed E-state index contributed by atoms with van der Waals surface area (Å²) < 4.78 is 36.4. The zero-order valence-electron chi connectivity index (χ0n) is 19.9. The highest BCUT2D eigenvalue weighted by Gasteiger charge is 2.24. The fourth-order valence-electron chi connectivity index (χ4n) is 4.86. The molecule has 36 heavy (non-hydrogen) atoms. The molecule has 0 spiro atoms. The van der Waals surface area contributed by atoms with Crippen molar-refractivity contribution in [1.82, 2.24) is 19.6 Å². The number of nitrogens with zero attached hydrogens (tertiary/aromatic N) is 5. The number of fused-ring (bicyclic) bond motifs is 1. The first kappa shape index (κ1) is 24.1. The monoisotopic (exact) mass is 494 g/mol. The predicted molar refractivity (Wildman–Crippen MR) is 132 cm³/mol. The van der Waals surface area contributed by atoms with E-state index in [-0.39, 0.29) is 36.3 Å². The summed E-state index contributed by atoms with van der Waals surface area (Å²) in [5.41, 5.74) is 8.88. The number of aromatic nitrogens is 4. The molecular formula is C26H28F2N6O2. The number of halogens is 2. The molecular weight excluding hydrogens is 466 g/mol. The van der Waals surface area contributed by atoms with Gasteiger partial charge in [0.15, 0.2) is 0 Å². The molecule has 0 aliphatic carbocycles. The lowest BCUT2D eigenvalue weighted by atomic mass is 9.95. The van der Waals surface area contributed by atoms with E-state index in [4.69, 9.17) is 15.6 Å². The predicted octanol–water partition coefficient (Wildman–Crippen LogP) is 3.20. The lowest BCUT2D eigenvalue weighted by molar-refractivity contribution is 0.200. The molecule has 8 nitrogen and oxygen atoms in total. The Bertz CT molecular complexity index is 1340. The van der Waals surface area contributed by atoms with Crippen LogP contribution in [0, 0.1) is 17.6 Å². The summed E-state index contributed by atoms with van der Waals surface area (Å²) in [7, 11) is 0. The Balaban J connectivity index is 1.48. The maximum Gasteiger partial charge on any atom is 0.139 e. The number of ether oxygens (including phenoxy) is 1. The van der Waals surface area contributed by atoms with Gasteiger partial charge in [-0.15, -0.1) is 0 Å². The smallest absolute Gasteiger partial charge is 0.139 e. The molecule has 1 aromatic carbocycles. The van der Waals surface area contributed by atoms with Crippen molar-refractivity contribution in [3.63, 3.8) is 0 Å². The summed E-state index contributed by atoms with van der Waals surface area (Å²) in [5.74, 6) is -0.498. The summed E-state index contributed by atoms with van der Waals surface area (Å²) in [5, 5.41) is 13.4. The van der Waals surface area contributed by atoms with Gasteiger partial charge in [-0.1, -0.05) is 6.92 Å². The van der Waals surface area contributed by atoms with Crippen LogP contribution >= 0.6 is 0 Å². The number of rotatable bonds is 7. The molecule has 0 saturated carbocycles. The molecule has 4 aromatic rings. The van der Waals surface area contributed by atoms with E-state index in [1.54, 1.807) is 29.0 Å². The molecule has 10 heteroatoms. The van der Waals surface area contributed by atoms with E-state index in [9.17, 15) is 8.78 Å². The zero-order valence-corrected chi connectivity index (χ0v) is 19.9. The second-order valence-corrected chi connectivity index (χ2v) is 9.25. The van der Waals surface area contributed by atoms with Crippen molar-refractivity contribution in [2.75, 3.05) is 31.2 Å². The largest absolute Gasteiger partial charge is 0.491 e. The van der Waals surface area contributed by atoms with Crippen LogP contribution in [0.4, 0.5) is 14.5 Å². The Morgan fingerprint density at radius 1 is 1.14 bits per heavy atom. The van der Waals surface area contributed by atoms with Crippen LogP contribution in [0.5, 0.6) is 5.75 Å². The molecule has 188 valence electrons. The number of hydrogen-bond donors (Lipinski definition) is 2. The average Bonchev–Trinajstić information content (AvgIpc) is 3.24. The van der Waals surface area contributed by atoms with Crippen molar-refractivity contribution in [1.29, 1.82) is 0 Å². The van der Waals surface area contributed by atoms with E-state index in [2.05, 4.69) is 26.9 Å². The molecule has 2 atom stereocenters. The molecule has 0 unspecified atom stereocenters. The van der Waals surface area contributed by atoms with Gasteiger partial charge in [-0.3, -0.25) is 4.98 Å². The first-order chi connectivity index (χ1) is 17.4. The highest BCUT2D eigenvalue weighted by molar-refractivity contribution is 5.64. The quantitative estimate of drug-likeness (QED) is 0.407. The second kappa shape index (κ2) is 10.2. The van der Waals surface area contributed by atoms with E-state index >= 15 is 0 Å². The highest BCUT2D eigenvalue weighted by atomic mass is 19.1. The first-order valence-electron chi connectivity index (χ1n) is 11.9. The maximum atomic E-state index is 14.8. The van der Waals surface area contributed by atoms with Gasteiger partial charge in [-0.05, 0) is 30.5 Å². The van der Waals surface area contributed by atoms with Crippen LogP contribution in [0.2, 0.25) is 0 Å². The van der Waals surface area contributed by atoms with Crippen LogP contribution < -0.4 is 15.4 Å².